The van der Waals surface area contributed by atoms with E-state index in [0.29, 0.717) is 0 Å². The van der Waals surface area contributed by atoms with Crippen LogP contribution in [0.5, 0.6) is 0 Å². The van der Waals surface area contributed by atoms with Gasteiger partial charge in [-0.3, -0.25) is 0 Å². The van der Waals surface area contributed by atoms with E-state index in [4.69, 9.17) is 0 Å². The molecule has 1 aromatic rings. The highest BCUT2D eigenvalue weighted by Gasteiger charge is 2.19. The van der Waals surface area contributed by atoms with Gasteiger partial charge >= 0.3 is 0 Å². The third-order valence-electron chi connectivity index (χ3n) is 4.51. The van der Waals surface area contributed by atoms with Gasteiger partial charge in [-0.2, -0.15) is 0 Å². The molecule has 0 atom stereocenters. The minimum atomic E-state index is 0.943. The maximum atomic E-state index is 3.55. The second kappa shape index (κ2) is 7.68. The molecule has 1 aliphatic heterocycles. The average Bonchev–Trinajstić information content (AvgIpc) is 2.48. The Morgan fingerprint density at radius 3 is 2.60 bits per heavy atom. The molecule has 1 heterocycles. The Morgan fingerprint density at radius 2 is 1.95 bits per heavy atom. The molecule has 0 aromatic heterocycles. The zero-order valence-corrected chi connectivity index (χ0v) is 13.4. The largest absolute Gasteiger partial charge is 0.371 e. The van der Waals surface area contributed by atoms with E-state index >= 15 is 0 Å². The van der Waals surface area contributed by atoms with Crippen molar-refractivity contribution >= 4 is 5.69 Å². The molecule has 2 nitrogen and oxygen atoms in total. The predicted octanol–water partition coefficient (Wildman–Crippen LogP) is 4.12. The lowest BCUT2D eigenvalue weighted by atomic mass is 9.93. The molecule has 0 spiro atoms. The summed E-state index contributed by atoms with van der Waals surface area (Å²) < 4.78 is 0. The Bertz CT molecular complexity index is 406. The molecule has 0 radical (unpaired) electrons. The van der Waals surface area contributed by atoms with Gasteiger partial charge in [0.2, 0.25) is 0 Å². The molecule has 20 heavy (non-hydrogen) atoms. The van der Waals surface area contributed by atoms with E-state index < -0.39 is 0 Å². The number of hydrogen-bond acceptors (Lipinski definition) is 2. The van der Waals surface area contributed by atoms with Crippen LogP contribution in [0.1, 0.15) is 50.7 Å². The van der Waals surface area contributed by atoms with Gasteiger partial charge in [-0.05, 0) is 50.3 Å². The average molecular weight is 274 g/mol. The first-order valence-electron chi connectivity index (χ1n) is 8.29. The molecule has 2 rings (SSSR count). The zero-order valence-electron chi connectivity index (χ0n) is 13.4. The maximum absolute atomic E-state index is 3.55. The Morgan fingerprint density at radius 1 is 1.20 bits per heavy atom. The van der Waals surface area contributed by atoms with E-state index in [-0.39, 0.29) is 0 Å². The first-order chi connectivity index (χ1) is 9.74. The van der Waals surface area contributed by atoms with E-state index in [2.05, 4.69) is 49.2 Å². The Labute approximate surface area is 124 Å². The number of benzene rings is 1. The number of nitrogens with zero attached hydrogens (tertiary/aromatic N) is 1. The molecule has 0 saturated carbocycles. The Hall–Kier alpha value is -1.02. The van der Waals surface area contributed by atoms with Crippen molar-refractivity contribution in [1.29, 1.82) is 0 Å². The van der Waals surface area contributed by atoms with Crippen LogP contribution in [0.2, 0.25) is 0 Å². The molecule has 0 amide bonds. The van der Waals surface area contributed by atoms with Crippen LogP contribution in [-0.4, -0.2) is 19.6 Å². The molecule has 1 fully saturated rings. The lowest BCUT2D eigenvalue weighted by Crippen LogP contribution is -2.34. The van der Waals surface area contributed by atoms with Crippen molar-refractivity contribution in [1.82, 2.24) is 5.32 Å². The molecule has 1 saturated heterocycles. The van der Waals surface area contributed by atoms with Crippen molar-refractivity contribution in [2.24, 2.45) is 5.92 Å². The molecule has 0 unspecified atom stereocenters. The van der Waals surface area contributed by atoms with Gasteiger partial charge in [0.1, 0.15) is 0 Å². The summed E-state index contributed by atoms with van der Waals surface area (Å²) in [5.74, 6) is 0.943. The van der Waals surface area contributed by atoms with Crippen LogP contribution in [0.4, 0.5) is 5.69 Å². The summed E-state index contributed by atoms with van der Waals surface area (Å²) in [7, 11) is 0. The minimum absolute atomic E-state index is 0.943. The smallest absolute Gasteiger partial charge is 0.0412 e. The van der Waals surface area contributed by atoms with Crippen molar-refractivity contribution in [3.05, 3.63) is 29.3 Å². The van der Waals surface area contributed by atoms with Crippen molar-refractivity contribution in [3.63, 3.8) is 0 Å². The van der Waals surface area contributed by atoms with E-state index in [1.165, 1.54) is 55.6 Å². The van der Waals surface area contributed by atoms with Crippen molar-refractivity contribution in [3.8, 4) is 0 Å². The van der Waals surface area contributed by atoms with Crippen LogP contribution in [-0.2, 0) is 6.54 Å². The van der Waals surface area contributed by atoms with Gasteiger partial charge < -0.3 is 10.2 Å². The molecule has 112 valence electrons. The van der Waals surface area contributed by atoms with Gasteiger partial charge in [0.15, 0.2) is 0 Å². The van der Waals surface area contributed by atoms with Crippen LogP contribution in [0.25, 0.3) is 0 Å². The fraction of sp³-hybridized carbons (Fsp3) is 0.667. The first kappa shape index (κ1) is 15.4. The second-order valence-electron chi connectivity index (χ2n) is 6.15. The van der Waals surface area contributed by atoms with Crippen molar-refractivity contribution in [2.75, 3.05) is 24.5 Å². The monoisotopic (exact) mass is 274 g/mol. The molecular weight excluding hydrogens is 244 g/mol. The molecule has 0 aliphatic carbocycles. The SMILES string of the molecule is CCCNCc1cc(C)ccc1N1CCC(CC)CC1. The standard InChI is InChI=1S/C18H30N2/c1-4-10-19-14-17-13-15(3)6-7-18(17)20-11-8-16(5-2)9-12-20/h6-7,13,16,19H,4-5,8-12,14H2,1-3H3. The fourth-order valence-electron chi connectivity index (χ4n) is 3.15. The quantitative estimate of drug-likeness (QED) is 0.785. The van der Waals surface area contributed by atoms with Crippen LogP contribution in [0, 0.1) is 12.8 Å². The zero-order chi connectivity index (χ0) is 14.4. The van der Waals surface area contributed by atoms with Gasteiger partial charge in [0, 0.05) is 25.3 Å². The molecule has 1 aliphatic rings. The lowest BCUT2D eigenvalue weighted by Gasteiger charge is -2.34. The number of piperidine rings is 1. The van der Waals surface area contributed by atoms with Gasteiger partial charge in [-0.15, -0.1) is 0 Å². The fourth-order valence-corrected chi connectivity index (χ4v) is 3.15. The van der Waals surface area contributed by atoms with Crippen LogP contribution in [0.3, 0.4) is 0 Å². The summed E-state index contributed by atoms with van der Waals surface area (Å²) in [5.41, 5.74) is 4.28. The second-order valence-corrected chi connectivity index (χ2v) is 6.15. The summed E-state index contributed by atoms with van der Waals surface area (Å²) in [4.78, 5) is 2.59. The molecule has 1 aromatic carbocycles. The van der Waals surface area contributed by atoms with Gasteiger partial charge in [0.05, 0.1) is 0 Å². The highest BCUT2D eigenvalue weighted by atomic mass is 15.1. The van der Waals surface area contributed by atoms with E-state index in [9.17, 15) is 0 Å². The summed E-state index contributed by atoms with van der Waals surface area (Å²) in [5, 5.41) is 3.55. The predicted molar refractivity (Wildman–Crippen MR) is 88.4 cm³/mol. The van der Waals surface area contributed by atoms with Gasteiger partial charge in [-0.25, -0.2) is 0 Å². The van der Waals surface area contributed by atoms with E-state index in [0.717, 1.165) is 19.0 Å². The molecular formula is C18H30N2. The number of aryl methyl sites for hydroxylation is 1. The third-order valence-corrected chi connectivity index (χ3v) is 4.51. The van der Waals surface area contributed by atoms with Crippen LogP contribution in [0.15, 0.2) is 18.2 Å². The molecule has 0 bridgehead atoms. The van der Waals surface area contributed by atoms with Gasteiger partial charge in [0.25, 0.3) is 0 Å². The van der Waals surface area contributed by atoms with Crippen LogP contribution < -0.4 is 10.2 Å². The lowest BCUT2D eigenvalue weighted by molar-refractivity contribution is 0.394. The van der Waals surface area contributed by atoms with Crippen LogP contribution >= 0.6 is 0 Å². The molecule has 1 N–H and O–H groups in total. The summed E-state index contributed by atoms with van der Waals surface area (Å²) in [6, 6.07) is 6.93. The summed E-state index contributed by atoms with van der Waals surface area (Å²) >= 11 is 0. The Kier molecular flexibility index (Phi) is 5.90. The van der Waals surface area contributed by atoms with Crippen molar-refractivity contribution < 1.29 is 0 Å². The number of anilines is 1. The van der Waals surface area contributed by atoms with Gasteiger partial charge in [-0.1, -0.05) is 38.0 Å². The van der Waals surface area contributed by atoms with Crippen molar-refractivity contribution in [2.45, 2.75) is 53.0 Å². The summed E-state index contributed by atoms with van der Waals surface area (Å²) in [6.07, 6.45) is 5.24. The number of rotatable bonds is 6. The Balaban J connectivity index is 2.06. The molecule has 2 heteroatoms. The maximum Gasteiger partial charge on any atom is 0.0412 e. The van der Waals surface area contributed by atoms with E-state index in [1.807, 2.05) is 0 Å². The highest BCUT2D eigenvalue weighted by Crippen LogP contribution is 2.28. The minimum Gasteiger partial charge on any atom is -0.371 e. The number of nitrogens with one attached hydrogen (secondary N) is 1. The topological polar surface area (TPSA) is 15.3 Å². The summed E-state index contributed by atoms with van der Waals surface area (Å²) in [6.45, 7) is 11.3. The number of hydrogen-bond donors (Lipinski definition) is 1. The third kappa shape index (κ3) is 3.99. The normalized spacial score (nSPS) is 16.6. The highest BCUT2D eigenvalue weighted by molar-refractivity contribution is 5.55. The van der Waals surface area contributed by atoms with E-state index in [1.54, 1.807) is 0 Å². The first-order valence-corrected chi connectivity index (χ1v) is 8.29.